The first-order valence-corrected chi connectivity index (χ1v) is 6.18. The number of nitrogens with one attached hydrogen (secondary N) is 1. The molecule has 0 spiro atoms. The second-order valence-corrected chi connectivity index (χ2v) is 4.19. The van der Waals surface area contributed by atoms with Crippen LogP contribution in [0.25, 0.3) is 6.08 Å². The first kappa shape index (κ1) is 14.8. The summed E-state index contributed by atoms with van der Waals surface area (Å²) in [5.41, 5.74) is 0.783. The molecular weight excluding hydrogens is 240 g/mol. The van der Waals surface area contributed by atoms with Crippen LogP contribution in [0, 0.1) is 11.3 Å². The second-order valence-electron chi connectivity index (χ2n) is 4.19. The largest absolute Gasteiger partial charge is 0.496 e. The number of nitrogens with zero attached hydrogens (tertiary/aromatic N) is 1. The third-order valence-electron chi connectivity index (χ3n) is 2.79. The predicted octanol–water partition coefficient (Wildman–Crippen LogP) is 2.52. The molecule has 0 bridgehead atoms. The molecule has 0 aliphatic carbocycles. The molecule has 0 saturated carbocycles. The highest BCUT2D eigenvalue weighted by molar-refractivity contribution is 6.02. The first-order valence-electron chi connectivity index (χ1n) is 6.18. The Labute approximate surface area is 113 Å². The van der Waals surface area contributed by atoms with Crippen LogP contribution in [0.1, 0.15) is 25.8 Å². The van der Waals surface area contributed by atoms with E-state index >= 15 is 0 Å². The zero-order chi connectivity index (χ0) is 14.3. The number of benzene rings is 1. The molecule has 0 radical (unpaired) electrons. The molecule has 1 unspecified atom stereocenters. The molecule has 1 aromatic carbocycles. The Kier molecular flexibility index (Phi) is 5.62. The Hall–Kier alpha value is -2.28. The third-order valence-corrected chi connectivity index (χ3v) is 2.79. The van der Waals surface area contributed by atoms with Crippen LogP contribution >= 0.6 is 0 Å². The van der Waals surface area contributed by atoms with E-state index in [4.69, 9.17) is 10.00 Å². The Morgan fingerprint density at radius 3 is 2.79 bits per heavy atom. The zero-order valence-corrected chi connectivity index (χ0v) is 11.4. The molecule has 100 valence electrons. The van der Waals surface area contributed by atoms with Gasteiger partial charge in [-0.25, -0.2) is 0 Å². The monoisotopic (exact) mass is 258 g/mol. The minimum atomic E-state index is -0.359. The van der Waals surface area contributed by atoms with Gasteiger partial charge < -0.3 is 10.1 Å². The van der Waals surface area contributed by atoms with Gasteiger partial charge >= 0.3 is 0 Å². The molecule has 0 heterocycles. The molecule has 0 aliphatic heterocycles. The SMILES string of the molecule is CCC(C)NC(=O)/C(C#N)=C/c1ccccc1OC. The minimum Gasteiger partial charge on any atom is -0.496 e. The van der Waals surface area contributed by atoms with E-state index in [2.05, 4.69) is 5.32 Å². The van der Waals surface area contributed by atoms with E-state index in [1.54, 1.807) is 19.2 Å². The summed E-state index contributed by atoms with van der Waals surface area (Å²) >= 11 is 0. The van der Waals surface area contributed by atoms with Crippen LogP contribution < -0.4 is 10.1 Å². The van der Waals surface area contributed by atoms with Crippen molar-refractivity contribution in [1.82, 2.24) is 5.32 Å². The van der Waals surface area contributed by atoms with E-state index in [0.717, 1.165) is 6.42 Å². The Morgan fingerprint density at radius 2 is 2.21 bits per heavy atom. The second kappa shape index (κ2) is 7.22. The molecule has 1 rings (SSSR count). The van der Waals surface area contributed by atoms with Crippen molar-refractivity contribution in [2.75, 3.05) is 7.11 Å². The van der Waals surface area contributed by atoms with E-state index in [9.17, 15) is 4.79 Å². The van der Waals surface area contributed by atoms with Crippen molar-refractivity contribution in [3.63, 3.8) is 0 Å². The van der Waals surface area contributed by atoms with Crippen molar-refractivity contribution in [2.45, 2.75) is 26.3 Å². The van der Waals surface area contributed by atoms with E-state index in [1.807, 2.05) is 32.0 Å². The van der Waals surface area contributed by atoms with Gasteiger partial charge in [-0.15, -0.1) is 0 Å². The molecule has 19 heavy (non-hydrogen) atoms. The van der Waals surface area contributed by atoms with Crippen molar-refractivity contribution < 1.29 is 9.53 Å². The van der Waals surface area contributed by atoms with Gasteiger partial charge in [0.05, 0.1) is 7.11 Å². The van der Waals surface area contributed by atoms with Crippen molar-refractivity contribution >= 4 is 12.0 Å². The summed E-state index contributed by atoms with van der Waals surface area (Å²) < 4.78 is 5.19. The molecule has 1 aromatic rings. The molecule has 4 nitrogen and oxygen atoms in total. The van der Waals surface area contributed by atoms with Gasteiger partial charge in [0.2, 0.25) is 0 Å². The molecule has 0 saturated heterocycles. The Balaban J connectivity index is 3.00. The van der Waals surface area contributed by atoms with E-state index < -0.39 is 0 Å². The number of hydrogen-bond acceptors (Lipinski definition) is 3. The summed E-state index contributed by atoms with van der Waals surface area (Å²) in [6, 6.07) is 9.22. The lowest BCUT2D eigenvalue weighted by molar-refractivity contribution is -0.117. The highest BCUT2D eigenvalue weighted by Crippen LogP contribution is 2.20. The molecule has 0 aromatic heterocycles. The van der Waals surface area contributed by atoms with Gasteiger partial charge in [0.25, 0.3) is 5.91 Å². The van der Waals surface area contributed by atoms with Crippen LogP contribution in [0.15, 0.2) is 29.8 Å². The first-order chi connectivity index (χ1) is 9.12. The summed E-state index contributed by atoms with van der Waals surface area (Å²) in [4.78, 5) is 11.9. The number of nitriles is 1. The van der Waals surface area contributed by atoms with Crippen molar-refractivity contribution in [3.05, 3.63) is 35.4 Å². The molecule has 1 amide bonds. The number of carbonyl (C=O) groups is 1. The van der Waals surface area contributed by atoms with E-state index in [-0.39, 0.29) is 17.5 Å². The number of methoxy groups -OCH3 is 1. The van der Waals surface area contributed by atoms with Crippen LogP contribution in [-0.4, -0.2) is 19.1 Å². The maximum absolute atomic E-state index is 11.9. The van der Waals surface area contributed by atoms with Gasteiger partial charge in [-0.1, -0.05) is 25.1 Å². The van der Waals surface area contributed by atoms with E-state index in [0.29, 0.717) is 11.3 Å². The van der Waals surface area contributed by atoms with E-state index in [1.165, 1.54) is 6.08 Å². The van der Waals surface area contributed by atoms with Crippen LogP contribution in [0.3, 0.4) is 0 Å². The number of amides is 1. The average molecular weight is 258 g/mol. The molecule has 4 heteroatoms. The van der Waals surface area contributed by atoms with Gasteiger partial charge in [-0.05, 0) is 25.5 Å². The third kappa shape index (κ3) is 4.14. The fraction of sp³-hybridized carbons (Fsp3) is 0.333. The number of carbonyl (C=O) groups excluding carboxylic acids is 1. The zero-order valence-electron chi connectivity index (χ0n) is 11.4. The fourth-order valence-corrected chi connectivity index (χ4v) is 1.49. The fourth-order valence-electron chi connectivity index (χ4n) is 1.49. The van der Waals surface area contributed by atoms with Gasteiger partial charge in [0.15, 0.2) is 0 Å². The highest BCUT2D eigenvalue weighted by atomic mass is 16.5. The standard InChI is InChI=1S/C15H18N2O2/c1-4-11(2)17-15(18)13(10-16)9-12-7-5-6-8-14(12)19-3/h5-9,11H,4H2,1-3H3,(H,17,18)/b13-9+. The topological polar surface area (TPSA) is 62.1 Å². The molecule has 0 aliphatic rings. The molecule has 1 N–H and O–H groups in total. The average Bonchev–Trinajstić information content (AvgIpc) is 2.44. The summed E-state index contributed by atoms with van der Waals surface area (Å²) in [6.07, 6.45) is 2.36. The Morgan fingerprint density at radius 1 is 1.53 bits per heavy atom. The predicted molar refractivity (Wildman–Crippen MR) is 74.5 cm³/mol. The summed E-state index contributed by atoms with van der Waals surface area (Å²) in [7, 11) is 1.55. The van der Waals surface area contributed by atoms with Gasteiger partial charge in [-0.3, -0.25) is 4.79 Å². The normalized spacial score (nSPS) is 12.4. The number of hydrogen-bond donors (Lipinski definition) is 1. The minimum absolute atomic E-state index is 0.0434. The number of rotatable bonds is 5. The summed E-state index contributed by atoms with van der Waals surface area (Å²) in [6.45, 7) is 3.87. The van der Waals surface area contributed by atoms with Gasteiger partial charge in [0.1, 0.15) is 17.4 Å². The summed E-state index contributed by atoms with van der Waals surface area (Å²) in [5, 5.41) is 11.9. The molecule has 0 fully saturated rings. The van der Waals surface area contributed by atoms with Crippen LogP contribution in [-0.2, 0) is 4.79 Å². The lowest BCUT2D eigenvalue weighted by atomic mass is 10.1. The van der Waals surface area contributed by atoms with Crippen LogP contribution in [0.4, 0.5) is 0 Å². The summed E-state index contributed by atoms with van der Waals surface area (Å²) in [5.74, 6) is 0.273. The Bertz CT molecular complexity index is 515. The molecule has 1 atom stereocenters. The van der Waals surface area contributed by atoms with Crippen LogP contribution in [0.5, 0.6) is 5.75 Å². The highest BCUT2D eigenvalue weighted by Gasteiger charge is 2.12. The maximum Gasteiger partial charge on any atom is 0.262 e. The number of para-hydroxylation sites is 1. The molecular formula is C15H18N2O2. The lowest BCUT2D eigenvalue weighted by Crippen LogP contribution is -2.32. The van der Waals surface area contributed by atoms with Crippen LogP contribution in [0.2, 0.25) is 0 Å². The van der Waals surface area contributed by atoms with Crippen molar-refractivity contribution in [1.29, 1.82) is 5.26 Å². The lowest BCUT2D eigenvalue weighted by Gasteiger charge is -2.10. The van der Waals surface area contributed by atoms with Crippen molar-refractivity contribution in [2.24, 2.45) is 0 Å². The quantitative estimate of drug-likeness (QED) is 0.652. The number of ether oxygens (including phenoxy) is 1. The van der Waals surface area contributed by atoms with Crippen molar-refractivity contribution in [3.8, 4) is 11.8 Å². The van der Waals surface area contributed by atoms with Gasteiger partial charge in [0, 0.05) is 11.6 Å². The smallest absolute Gasteiger partial charge is 0.262 e. The van der Waals surface area contributed by atoms with Gasteiger partial charge in [-0.2, -0.15) is 5.26 Å². The maximum atomic E-state index is 11.9.